The number of halogens is 2. The Morgan fingerprint density at radius 3 is 2.63 bits per heavy atom. The molecule has 0 aromatic rings. The molecule has 5 nitrogen and oxygen atoms in total. The number of hydrogen-bond donors (Lipinski definition) is 2. The minimum atomic E-state index is -3.31. The van der Waals surface area contributed by atoms with Gasteiger partial charge in [0.15, 0.2) is 0 Å². The van der Waals surface area contributed by atoms with Gasteiger partial charge in [0.1, 0.15) is 5.78 Å². The van der Waals surface area contributed by atoms with E-state index in [1.54, 1.807) is 0 Å². The molecule has 0 radical (unpaired) electrons. The second-order valence-corrected chi connectivity index (χ2v) is 8.07. The van der Waals surface area contributed by atoms with Gasteiger partial charge < -0.3 is 14.9 Å². The van der Waals surface area contributed by atoms with Gasteiger partial charge in [-0.25, -0.2) is 8.78 Å². The van der Waals surface area contributed by atoms with E-state index in [4.69, 9.17) is 9.84 Å². The number of Topliss-reactive ketones (excluding diaryl/α,β-unsaturated/α-hetero) is 1. The summed E-state index contributed by atoms with van der Waals surface area (Å²) in [5.41, 5.74) is 0. The van der Waals surface area contributed by atoms with Crippen molar-refractivity contribution in [2.24, 2.45) is 11.8 Å². The Morgan fingerprint density at radius 1 is 1.26 bits per heavy atom. The first kappa shape index (κ1) is 22.2. The van der Waals surface area contributed by atoms with E-state index in [1.807, 2.05) is 6.92 Å². The second-order valence-electron chi connectivity index (χ2n) is 8.07. The van der Waals surface area contributed by atoms with E-state index in [9.17, 15) is 23.5 Å². The van der Waals surface area contributed by atoms with Crippen LogP contribution in [0.3, 0.4) is 0 Å². The van der Waals surface area contributed by atoms with Crippen molar-refractivity contribution in [1.82, 2.24) is 0 Å². The van der Waals surface area contributed by atoms with Gasteiger partial charge in [-0.15, -0.1) is 0 Å². The number of carbonyl (C=O) groups excluding carboxylic acids is 1. The molecule has 2 N–H and O–H groups in total. The van der Waals surface area contributed by atoms with E-state index in [0.29, 0.717) is 32.1 Å². The molecule has 1 saturated carbocycles. The number of alkyl halides is 2. The lowest BCUT2D eigenvalue weighted by atomic mass is 9.81. The molecule has 0 amide bonds. The van der Waals surface area contributed by atoms with Crippen LogP contribution in [0.5, 0.6) is 0 Å². The van der Waals surface area contributed by atoms with Gasteiger partial charge in [0.2, 0.25) is 5.79 Å². The van der Waals surface area contributed by atoms with Gasteiger partial charge in [0.05, 0.1) is 6.10 Å². The van der Waals surface area contributed by atoms with Crippen molar-refractivity contribution in [3.8, 4) is 0 Å². The first-order valence-corrected chi connectivity index (χ1v) is 10.2. The molecule has 1 aliphatic carbocycles. The Morgan fingerprint density at radius 2 is 1.96 bits per heavy atom. The average molecular weight is 390 g/mol. The standard InChI is InChI=1S/C20H32F2O5/c1-2-3-11-19(21,22)20(26)12-10-15-14(16(23)13-17(15)27-20)8-6-4-5-7-9-18(24)25/h14-15,17,26H,2-13H2,1H3,(H,24,25)/t14-,15+,17+,20+/m1/s1. The smallest absolute Gasteiger partial charge is 0.303 e. The molecule has 2 rings (SSSR count). The summed E-state index contributed by atoms with van der Waals surface area (Å²) in [4.78, 5) is 22.8. The molecule has 156 valence electrons. The second kappa shape index (κ2) is 9.41. The molecule has 0 spiro atoms. The maximum Gasteiger partial charge on any atom is 0.303 e. The predicted octanol–water partition coefficient (Wildman–Crippen LogP) is 4.31. The number of fused-ring (bicyclic) bond motifs is 1. The normalized spacial score (nSPS) is 31.1. The molecule has 2 fully saturated rings. The first-order valence-electron chi connectivity index (χ1n) is 10.2. The van der Waals surface area contributed by atoms with Crippen LogP contribution in [0.25, 0.3) is 0 Å². The fourth-order valence-corrected chi connectivity index (χ4v) is 4.42. The van der Waals surface area contributed by atoms with Crippen molar-refractivity contribution in [2.75, 3.05) is 0 Å². The molecule has 27 heavy (non-hydrogen) atoms. The monoisotopic (exact) mass is 390 g/mol. The summed E-state index contributed by atoms with van der Waals surface area (Å²) in [6.45, 7) is 1.82. The average Bonchev–Trinajstić information content (AvgIpc) is 2.90. The minimum absolute atomic E-state index is 0.0386. The predicted molar refractivity (Wildman–Crippen MR) is 95.5 cm³/mol. The van der Waals surface area contributed by atoms with E-state index in [-0.39, 0.29) is 36.9 Å². The highest BCUT2D eigenvalue weighted by Gasteiger charge is 2.59. The van der Waals surface area contributed by atoms with Crippen molar-refractivity contribution >= 4 is 11.8 Å². The third-order valence-electron chi connectivity index (χ3n) is 6.04. The van der Waals surface area contributed by atoms with Crippen molar-refractivity contribution in [2.45, 2.75) is 102 Å². The molecule has 7 heteroatoms. The Labute approximate surface area is 159 Å². The molecular formula is C20H32F2O5. The topological polar surface area (TPSA) is 83.8 Å². The van der Waals surface area contributed by atoms with Crippen molar-refractivity contribution < 1.29 is 33.3 Å². The largest absolute Gasteiger partial charge is 0.481 e. The fraction of sp³-hybridized carbons (Fsp3) is 0.900. The van der Waals surface area contributed by atoms with Crippen LogP contribution in [0.4, 0.5) is 8.78 Å². The Kier molecular flexibility index (Phi) is 7.74. The molecule has 0 aromatic carbocycles. The lowest BCUT2D eigenvalue weighted by Crippen LogP contribution is -2.55. The van der Waals surface area contributed by atoms with E-state index in [2.05, 4.69) is 0 Å². The van der Waals surface area contributed by atoms with Crippen LogP contribution in [0.2, 0.25) is 0 Å². The minimum Gasteiger partial charge on any atom is -0.481 e. The molecule has 1 aliphatic heterocycles. The Bertz CT molecular complexity index is 525. The number of carbonyl (C=O) groups is 2. The maximum absolute atomic E-state index is 14.4. The van der Waals surface area contributed by atoms with Gasteiger partial charge in [-0.3, -0.25) is 9.59 Å². The third-order valence-corrected chi connectivity index (χ3v) is 6.04. The summed E-state index contributed by atoms with van der Waals surface area (Å²) in [5, 5.41) is 19.1. The summed E-state index contributed by atoms with van der Waals surface area (Å²) in [5.74, 6) is -6.82. The molecule has 0 aromatic heterocycles. The lowest BCUT2D eigenvalue weighted by Gasteiger charge is -2.43. The summed E-state index contributed by atoms with van der Waals surface area (Å²) in [7, 11) is 0. The molecule has 2 aliphatic rings. The van der Waals surface area contributed by atoms with Gasteiger partial charge in [0, 0.05) is 31.6 Å². The zero-order valence-corrected chi connectivity index (χ0v) is 16.1. The van der Waals surface area contributed by atoms with Gasteiger partial charge in [0.25, 0.3) is 0 Å². The van der Waals surface area contributed by atoms with Crippen LogP contribution in [0.1, 0.15) is 84.0 Å². The van der Waals surface area contributed by atoms with Crippen molar-refractivity contribution in [1.29, 1.82) is 0 Å². The summed E-state index contributed by atoms with van der Waals surface area (Å²) < 4.78 is 34.3. The zero-order chi connectivity index (χ0) is 20.1. The van der Waals surface area contributed by atoms with Gasteiger partial charge in [-0.05, 0) is 31.6 Å². The number of carboxylic acid groups (broad SMARTS) is 1. The Balaban J connectivity index is 1.84. The summed E-state index contributed by atoms with van der Waals surface area (Å²) >= 11 is 0. The summed E-state index contributed by atoms with van der Waals surface area (Å²) in [6, 6.07) is 0. The maximum atomic E-state index is 14.4. The van der Waals surface area contributed by atoms with Crippen LogP contribution in [0, 0.1) is 11.8 Å². The highest BCUT2D eigenvalue weighted by Crippen LogP contribution is 2.49. The number of ketones is 1. The van der Waals surface area contributed by atoms with Crippen LogP contribution in [-0.4, -0.2) is 39.8 Å². The van der Waals surface area contributed by atoms with Crippen molar-refractivity contribution in [3.63, 3.8) is 0 Å². The van der Waals surface area contributed by atoms with Crippen LogP contribution in [-0.2, 0) is 14.3 Å². The Hall–Kier alpha value is -1.08. The van der Waals surface area contributed by atoms with Crippen molar-refractivity contribution in [3.05, 3.63) is 0 Å². The van der Waals surface area contributed by atoms with E-state index < -0.39 is 30.2 Å². The van der Waals surface area contributed by atoms with Crippen LogP contribution < -0.4 is 0 Å². The molecule has 0 unspecified atom stereocenters. The number of carboxylic acids is 1. The highest BCUT2D eigenvalue weighted by atomic mass is 19.3. The van der Waals surface area contributed by atoms with Gasteiger partial charge >= 0.3 is 11.9 Å². The molecule has 1 heterocycles. The lowest BCUT2D eigenvalue weighted by molar-refractivity contribution is -0.356. The van der Waals surface area contributed by atoms with E-state index in [0.717, 1.165) is 19.3 Å². The molecular weight excluding hydrogens is 358 g/mol. The quantitative estimate of drug-likeness (QED) is 0.514. The van der Waals surface area contributed by atoms with Gasteiger partial charge in [-0.1, -0.05) is 32.6 Å². The summed E-state index contributed by atoms with van der Waals surface area (Å²) in [6.07, 6.45) is 4.17. The van der Waals surface area contributed by atoms with Crippen LogP contribution >= 0.6 is 0 Å². The molecule has 4 atom stereocenters. The SMILES string of the molecule is CCCCC(F)(F)[C@]1(O)CC[C@@H]2[C@H](CC(=O)[C@@H]2CCCCCCC(=O)O)O1. The zero-order valence-electron chi connectivity index (χ0n) is 16.1. The number of rotatable bonds is 11. The highest BCUT2D eigenvalue weighted by molar-refractivity contribution is 5.84. The third kappa shape index (κ3) is 5.47. The fourth-order valence-electron chi connectivity index (χ4n) is 4.42. The van der Waals surface area contributed by atoms with Crippen LogP contribution in [0.15, 0.2) is 0 Å². The number of aliphatic carboxylic acids is 1. The molecule has 1 saturated heterocycles. The van der Waals surface area contributed by atoms with E-state index in [1.165, 1.54) is 0 Å². The molecule has 0 bridgehead atoms. The van der Waals surface area contributed by atoms with E-state index >= 15 is 0 Å². The first-order chi connectivity index (χ1) is 12.7. The number of ether oxygens (including phenoxy) is 1. The van der Waals surface area contributed by atoms with Gasteiger partial charge in [-0.2, -0.15) is 0 Å². The number of aliphatic hydroxyl groups is 1. The number of hydrogen-bond acceptors (Lipinski definition) is 4. The number of unbranched alkanes of at least 4 members (excludes halogenated alkanes) is 4.